The molecule has 0 aliphatic rings. The third kappa shape index (κ3) is 5.84. The molecule has 0 amide bonds. The number of ether oxygens (including phenoxy) is 2. The molecular formula is C22H22O5S. The van der Waals surface area contributed by atoms with Gasteiger partial charge >= 0.3 is 0 Å². The molecule has 3 aromatic rings. The highest BCUT2D eigenvalue weighted by Gasteiger charge is 2.18. The van der Waals surface area contributed by atoms with E-state index in [1.807, 2.05) is 78.9 Å². The lowest BCUT2D eigenvalue weighted by atomic mass is 10.0. The quantitative estimate of drug-likeness (QED) is 0.399. The molecule has 28 heavy (non-hydrogen) atoms. The molecule has 0 radical (unpaired) electrons. The number of hydrogen-bond acceptors (Lipinski definition) is 5. The van der Waals surface area contributed by atoms with Gasteiger partial charge in [-0.3, -0.25) is 4.18 Å². The van der Waals surface area contributed by atoms with Gasteiger partial charge in [-0.05, 0) is 23.3 Å². The zero-order valence-corrected chi connectivity index (χ0v) is 16.3. The van der Waals surface area contributed by atoms with Crippen LogP contribution in [0.25, 0.3) is 0 Å². The first-order chi connectivity index (χ1) is 13.5. The summed E-state index contributed by atoms with van der Waals surface area (Å²) in [5.74, 6) is 1.09. The van der Waals surface area contributed by atoms with Gasteiger partial charge in [0.05, 0.1) is 6.26 Å². The summed E-state index contributed by atoms with van der Waals surface area (Å²) in [6.07, 6.45) is 0.702. The van der Waals surface area contributed by atoms with E-state index in [1.165, 1.54) is 0 Å². The highest BCUT2D eigenvalue weighted by atomic mass is 32.2. The highest BCUT2D eigenvalue weighted by molar-refractivity contribution is 7.85. The Balaban J connectivity index is 1.80. The monoisotopic (exact) mass is 398 g/mol. The number of hydrogen-bond donors (Lipinski definition) is 0. The molecule has 0 aliphatic carbocycles. The third-order valence-electron chi connectivity index (χ3n) is 3.94. The number of para-hydroxylation sites is 2. The van der Waals surface area contributed by atoms with Crippen molar-refractivity contribution < 1.29 is 22.1 Å². The Hall–Kier alpha value is -2.83. The van der Waals surface area contributed by atoms with Gasteiger partial charge in [0.15, 0.2) is 11.5 Å². The van der Waals surface area contributed by atoms with Crippen LogP contribution in [0.1, 0.15) is 17.2 Å². The van der Waals surface area contributed by atoms with Crippen molar-refractivity contribution in [1.82, 2.24) is 0 Å². The van der Waals surface area contributed by atoms with Crippen molar-refractivity contribution in [1.29, 1.82) is 0 Å². The van der Waals surface area contributed by atoms with Crippen LogP contribution in [0, 0.1) is 0 Å². The van der Waals surface area contributed by atoms with Gasteiger partial charge in [-0.2, -0.15) is 8.42 Å². The molecule has 0 aliphatic heterocycles. The lowest BCUT2D eigenvalue weighted by Crippen LogP contribution is -2.13. The summed E-state index contributed by atoms with van der Waals surface area (Å²) >= 11 is 0. The molecular weight excluding hydrogens is 376 g/mol. The Bertz CT molecular complexity index is 933. The highest BCUT2D eigenvalue weighted by Crippen LogP contribution is 2.34. The molecule has 0 aromatic heterocycles. The summed E-state index contributed by atoms with van der Waals surface area (Å²) in [6.45, 7) is 0.0305. The van der Waals surface area contributed by atoms with E-state index in [0.29, 0.717) is 11.5 Å². The predicted octanol–water partition coefficient (Wildman–Crippen LogP) is 4.21. The topological polar surface area (TPSA) is 61.8 Å². The molecule has 0 bridgehead atoms. The number of rotatable bonds is 9. The van der Waals surface area contributed by atoms with E-state index in [0.717, 1.165) is 17.4 Å². The van der Waals surface area contributed by atoms with Gasteiger partial charge in [0, 0.05) is 0 Å². The van der Waals surface area contributed by atoms with E-state index in [2.05, 4.69) is 0 Å². The minimum Gasteiger partial charge on any atom is -0.487 e. The Kier molecular flexibility index (Phi) is 6.68. The van der Waals surface area contributed by atoms with Crippen molar-refractivity contribution in [3.63, 3.8) is 0 Å². The second kappa shape index (κ2) is 9.39. The molecule has 0 atom stereocenters. The predicted molar refractivity (Wildman–Crippen MR) is 108 cm³/mol. The van der Waals surface area contributed by atoms with Crippen LogP contribution in [0.2, 0.25) is 0 Å². The first-order valence-corrected chi connectivity index (χ1v) is 10.7. The fraction of sp³-hybridized carbons (Fsp3) is 0.182. The maximum absolute atomic E-state index is 11.1. The van der Waals surface area contributed by atoms with Crippen molar-refractivity contribution in [2.45, 2.75) is 6.10 Å². The normalized spacial score (nSPS) is 11.4. The molecule has 146 valence electrons. The second-order valence-electron chi connectivity index (χ2n) is 6.14. The SMILES string of the molecule is CS(=O)(=O)OCCOc1ccccc1OC(c1ccccc1)c1ccccc1. The van der Waals surface area contributed by atoms with E-state index in [1.54, 1.807) is 6.07 Å². The van der Waals surface area contributed by atoms with Crippen molar-refractivity contribution in [2.24, 2.45) is 0 Å². The molecule has 5 nitrogen and oxygen atoms in total. The molecule has 0 fully saturated rings. The van der Waals surface area contributed by atoms with Gasteiger partial charge in [-0.1, -0.05) is 72.8 Å². The van der Waals surface area contributed by atoms with Gasteiger partial charge in [0.25, 0.3) is 10.1 Å². The smallest absolute Gasteiger partial charge is 0.264 e. The van der Waals surface area contributed by atoms with Gasteiger partial charge in [0.1, 0.15) is 19.3 Å². The Morgan fingerprint density at radius 3 is 1.75 bits per heavy atom. The minimum absolute atomic E-state index is 0.0615. The Morgan fingerprint density at radius 2 is 1.21 bits per heavy atom. The van der Waals surface area contributed by atoms with E-state index in [9.17, 15) is 8.42 Å². The largest absolute Gasteiger partial charge is 0.487 e. The summed E-state index contributed by atoms with van der Waals surface area (Å²) < 4.78 is 38.9. The van der Waals surface area contributed by atoms with Crippen LogP contribution < -0.4 is 9.47 Å². The second-order valence-corrected chi connectivity index (χ2v) is 7.78. The summed E-state index contributed by atoms with van der Waals surface area (Å²) in [5, 5.41) is 0. The lowest BCUT2D eigenvalue weighted by molar-refractivity contribution is 0.199. The van der Waals surface area contributed by atoms with Gasteiger partial charge in [-0.25, -0.2) is 0 Å². The third-order valence-corrected chi connectivity index (χ3v) is 4.53. The van der Waals surface area contributed by atoms with E-state index < -0.39 is 10.1 Å². The van der Waals surface area contributed by atoms with Crippen molar-refractivity contribution in [3.05, 3.63) is 96.1 Å². The van der Waals surface area contributed by atoms with Crippen LogP contribution in [0.4, 0.5) is 0 Å². The van der Waals surface area contributed by atoms with E-state index >= 15 is 0 Å². The van der Waals surface area contributed by atoms with E-state index in [4.69, 9.17) is 13.7 Å². The zero-order chi connectivity index (χ0) is 19.8. The molecule has 3 rings (SSSR count). The van der Waals surface area contributed by atoms with Gasteiger partial charge < -0.3 is 9.47 Å². The maximum atomic E-state index is 11.1. The van der Waals surface area contributed by atoms with Crippen LogP contribution in [0.5, 0.6) is 11.5 Å². The molecule has 6 heteroatoms. The van der Waals surface area contributed by atoms with Crippen LogP contribution in [0.15, 0.2) is 84.9 Å². The first-order valence-electron chi connectivity index (χ1n) is 8.86. The fourth-order valence-electron chi connectivity index (χ4n) is 2.71. The standard InChI is InChI=1S/C22H22O5S/c1-28(23,24)26-17-16-25-20-14-8-9-15-21(20)27-22(18-10-4-2-5-11-18)19-12-6-3-7-13-19/h2-15,22H,16-17H2,1H3. The average molecular weight is 398 g/mol. The Labute approximate surface area is 165 Å². The van der Waals surface area contributed by atoms with Crippen molar-refractivity contribution in [2.75, 3.05) is 19.5 Å². The molecule has 0 spiro atoms. The molecule has 0 unspecified atom stereocenters. The molecule has 0 N–H and O–H groups in total. The van der Waals surface area contributed by atoms with Gasteiger partial charge in [0.2, 0.25) is 0 Å². The fourth-order valence-corrected chi connectivity index (χ4v) is 3.09. The zero-order valence-electron chi connectivity index (χ0n) is 15.5. The summed E-state index contributed by atoms with van der Waals surface area (Å²) in [7, 11) is -3.49. The van der Waals surface area contributed by atoms with Gasteiger partial charge in [-0.15, -0.1) is 0 Å². The van der Waals surface area contributed by atoms with Crippen LogP contribution >= 0.6 is 0 Å². The van der Waals surface area contributed by atoms with Crippen LogP contribution in [-0.4, -0.2) is 27.9 Å². The number of benzene rings is 3. The molecule has 0 saturated carbocycles. The first kappa shape index (κ1) is 19.9. The van der Waals surface area contributed by atoms with Crippen molar-refractivity contribution >= 4 is 10.1 Å². The summed E-state index contributed by atoms with van der Waals surface area (Å²) in [4.78, 5) is 0. The minimum atomic E-state index is -3.49. The maximum Gasteiger partial charge on any atom is 0.264 e. The molecule has 0 saturated heterocycles. The average Bonchev–Trinajstić information content (AvgIpc) is 2.71. The lowest BCUT2D eigenvalue weighted by Gasteiger charge is -2.22. The summed E-state index contributed by atoms with van der Waals surface area (Å²) in [6, 6.07) is 27.2. The van der Waals surface area contributed by atoms with Crippen LogP contribution in [0.3, 0.4) is 0 Å². The summed E-state index contributed by atoms with van der Waals surface area (Å²) in [5.41, 5.74) is 2.04. The van der Waals surface area contributed by atoms with Crippen LogP contribution in [-0.2, 0) is 14.3 Å². The Morgan fingerprint density at radius 1 is 0.714 bits per heavy atom. The van der Waals surface area contributed by atoms with Crippen molar-refractivity contribution in [3.8, 4) is 11.5 Å². The van der Waals surface area contributed by atoms with E-state index in [-0.39, 0.29) is 19.3 Å². The molecule has 0 heterocycles. The molecule has 3 aromatic carbocycles.